The molecule has 0 saturated heterocycles. The molecule has 0 aliphatic heterocycles. The summed E-state index contributed by atoms with van der Waals surface area (Å²) in [6.45, 7) is 1.88. The number of ether oxygens (including phenoxy) is 2. The molecule has 0 heterocycles. The second-order valence-corrected chi connectivity index (χ2v) is 12.5. The maximum atomic E-state index is 13.0. The predicted molar refractivity (Wildman–Crippen MR) is 158 cm³/mol. The van der Waals surface area contributed by atoms with Crippen LogP contribution in [0.5, 0.6) is 11.5 Å². The van der Waals surface area contributed by atoms with Crippen LogP contribution in [0.1, 0.15) is 15.9 Å². The molecule has 4 aromatic carbocycles. The highest BCUT2D eigenvalue weighted by atomic mass is 35.5. The van der Waals surface area contributed by atoms with Gasteiger partial charge in [-0.1, -0.05) is 29.3 Å². The minimum atomic E-state index is -4.09. The van der Waals surface area contributed by atoms with Crippen LogP contribution in [0.3, 0.4) is 0 Å². The first-order valence-electron chi connectivity index (χ1n) is 12.0. The Morgan fingerprint density at radius 3 is 2.02 bits per heavy atom. The first kappa shape index (κ1) is 29.7. The summed E-state index contributed by atoms with van der Waals surface area (Å²) in [5.74, 6) is 0.151. The predicted octanol–water partition coefficient (Wildman–Crippen LogP) is 5.52. The Morgan fingerprint density at radius 2 is 1.39 bits per heavy atom. The van der Waals surface area contributed by atoms with Gasteiger partial charge in [-0.05, 0) is 73.7 Å². The molecular weight excluding hydrogens is 590 g/mol. The van der Waals surface area contributed by atoms with E-state index in [9.17, 15) is 21.6 Å². The van der Waals surface area contributed by atoms with Crippen molar-refractivity contribution in [2.75, 3.05) is 29.0 Å². The van der Waals surface area contributed by atoms with Crippen molar-refractivity contribution in [3.8, 4) is 11.5 Å². The third-order valence-electron chi connectivity index (χ3n) is 5.86. The number of aryl methyl sites for hydroxylation is 1. The van der Waals surface area contributed by atoms with Crippen LogP contribution in [-0.2, 0) is 20.0 Å². The Labute approximate surface area is 243 Å². The fraction of sp³-hybridized carbons (Fsp3) is 0.107. The molecule has 0 aliphatic rings. The van der Waals surface area contributed by atoms with E-state index in [-0.39, 0.29) is 37.5 Å². The first-order valence-corrected chi connectivity index (χ1v) is 15.3. The lowest BCUT2D eigenvalue weighted by molar-refractivity contribution is 0.102. The van der Waals surface area contributed by atoms with Gasteiger partial charge in [-0.25, -0.2) is 16.8 Å². The standard InChI is InChI=1S/C28H26ClN3O7S2/c1-18-4-7-21(8-5-18)31-41(36,37)27-16-19(6-14-24(27)29)28(33)30-20-9-12-23(13-10-20)40(34,35)32-25-15-11-22(38-2)17-26(25)39-3/h4-17,31-32H,1-3H3,(H,30,33). The number of benzene rings is 4. The first-order chi connectivity index (χ1) is 19.4. The zero-order valence-corrected chi connectivity index (χ0v) is 24.5. The Hall–Kier alpha value is -4.26. The van der Waals surface area contributed by atoms with Crippen LogP contribution in [0.25, 0.3) is 0 Å². The summed E-state index contributed by atoms with van der Waals surface area (Å²) >= 11 is 6.16. The highest BCUT2D eigenvalue weighted by molar-refractivity contribution is 7.93. The molecular formula is C28H26ClN3O7S2. The number of nitrogens with one attached hydrogen (secondary N) is 3. The zero-order valence-electron chi connectivity index (χ0n) is 22.1. The van der Waals surface area contributed by atoms with E-state index in [0.29, 0.717) is 11.4 Å². The molecule has 0 saturated carbocycles. The number of amides is 1. The minimum absolute atomic E-state index is 0.0312. The van der Waals surface area contributed by atoms with Gasteiger partial charge in [0, 0.05) is 23.0 Å². The van der Waals surface area contributed by atoms with Gasteiger partial charge in [-0.2, -0.15) is 0 Å². The van der Waals surface area contributed by atoms with E-state index in [1.54, 1.807) is 36.4 Å². The third kappa shape index (κ3) is 7.09. The number of carbonyl (C=O) groups is 1. The quantitative estimate of drug-likeness (QED) is 0.213. The monoisotopic (exact) mass is 615 g/mol. The summed E-state index contributed by atoms with van der Waals surface area (Å²) in [5.41, 5.74) is 1.84. The molecule has 0 aliphatic carbocycles. The smallest absolute Gasteiger partial charge is 0.263 e. The summed E-state index contributed by atoms with van der Waals surface area (Å²) in [6.07, 6.45) is 0. The fourth-order valence-corrected chi connectivity index (χ4v) is 6.35. The molecule has 10 nitrogen and oxygen atoms in total. The molecule has 0 unspecified atom stereocenters. The van der Waals surface area contributed by atoms with Gasteiger partial charge >= 0.3 is 0 Å². The molecule has 214 valence electrons. The van der Waals surface area contributed by atoms with E-state index < -0.39 is 26.0 Å². The Kier molecular flexibility index (Phi) is 8.76. The van der Waals surface area contributed by atoms with Crippen molar-refractivity contribution in [1.29, 1.82) is 0 Å². The normalized spacial score (nSPS) is 11.4. The van der Waals surface area contributed by atoms with Crippen molar-refractivity contribution in [3.05, 3.63) is 101 Å². The Bertz CT molecular complexity index is 1790. The van der Waals surface area contributed by atoms with Crippen molar-refractivity contribution in [2.24, 2.45) is 0 Å². The lowest BCUT2D eigenvalue weighted by Gasteiger charge is -2.13. The van der Waals surface area contributed by atoms with Crippen molar-refractivity contribution < 1.29 is 31.1 Å². The van der Waals surface area contributed by atoms with Crippen LogP contribution in [0.4, 0.5) is 17.1 Å². The summed E-state index contributed by atoms with van der Waals surface area (Å²) in [5, 5.41) is 2.57. The van der Waals surface area contributed by atoms with Crippen molar-refractivity contribution >= 4 is 54.6 Å². The van der Waals surface area contributed by atoms with Crippen molar-refractivity contribution in [3.63, 3.8) is 0 Å². The molecule has 0 radical (unpaired) electrons. The van der Waals surface area contributed by atoms with Gasteiger partial charge in [-0.15, -0.1) is 0 Å². The molecule has 1 amide bonds. The number of methoxy groups -OCH3 is 2. The van der Waals surface area contributed by atoms with Crippen LogP contribution >= 0.6 is 11.6 Å². The van der Waals surface area contributed by atoms with Crippen LogP contribution in [0.2, 0.25) is 5.02 Å². The zero-order chi connectivity index (χ0) is 29.8. The van der Waals surface area contributed by atoms with E-state index in [2.05, 4.69) is 14.8 Å². The number of hydrogen-bond donors (Lipinski definition) is 3. The van der Waals surface area contributed by atoms with E-state index in [4.69, 9.17) is 21.1 Å². The molecule has 4 aromatic rings. The van der Waals surface area contributed by atoms with Crippen LogP contribution in [0.15, 0.2) is 94.7 Å². The maximum Gasteiger partial charge on any atom is 0.263 e. The maximum absolute atomic E-state index is 13.0. The average Bonchev–Trinajstić information content (AvgIpc) is 2.94. The van der Waals surface area contributed by atoms with Crippen LogP contribution < -0.4 is 24.2 Å². The van der Waals surface area contributed by atoms with Gasteiger partial charge < -0.3 is 14.8 Å². The molecule has 41 heavy (non-hydrogen) atoms. The topological polar surface area (TPSA) is 140 Å². The molecule has 3 N–H and O–H groups in total. The lowest BCUT2D eigenvalue weighted by Crippen LogP contribution is -2.17. The van der Waals surface area contributed by atoms with Gasteiger partial charge in [0.05, 0.1) is 29.8 Å². The van der Waals surface area contributed by atoms with Crippen molar-refractivity contribution in [1.82, 2.24) is 0 Å². The molecule has 0 spiro atoms. The highest BCUT2D eigenvalue weighted by Crippen LogP contribution is 2.31. The highest BCUT2D eigenvalue weighted by Gasteiger charge is 2.21. The lowest BCUT2D eigenvalue weighted by atomic mass is 10.2. The largest absolute Gasteiger partial charge is 0.497 e. The van der Waals surface area contributed by atoms with Crippen LogP contribution in [0, 0.1) is 6.92 Å². The molecule has 0 aromatic heterocycles. The third-order valence-corrected chi connectivity index (χ3v) is 9.11. The summed E-state index contributed by atoms with van der Waals surface area (Å²) in [4.78, 5) is 12.6. The van der Waals surface area contributed by atoms with Gasteiger partial charge in [0.2, 0.25) is 0 Å². The summed E-state index contributed by atoms with van der Waals surface area (Å²) in [7, 11) is -5.19. The SMILES string of the molecule is COc1ccc(NS(=O)(=O)c2ccc(NC(=O)c3ccc(Cl)c(S(=O)(=O)Nc4ccc(C)cc4)c3)cc2)c(OC)c1. The molecule has 13 heteroatoms. The fourth-order valence-electron chi connectivity index (χ4n) is 3.69. The molecule has 4 rings (SSSR count). The number of rotatable bonds is 10. The summed E-state index contributed by atoms with van der Waals surface area (Å²) in [6, 6.07) is 20.7. The number of halogens is 1. The summed E-state index contributed by atoms with van der Waals surface area (Å²) < 4.78 is 67.1. The number of anilines is 3. The van der Waals surface area contributed by atoms with Gasteiger partial charge in [0.1, 0.15) is 16.4 Å². The van der Waals surface area contributed by atoms with Crippen LogP contribution in [-0.4, -0.2) is 37.0 Å². The van der Waals surface area contributed by atoms with E-state index in [1.807, 2.05) is 6.92 Å². The number of carbonyl (C=O) groups excluding carboxylic acids is 1. The number of sulfonamides is 2. The second kappa shape index (κ2) is 12.1. The van der Waals surface area contributed by atoms with Gasteiger partial charge in [0.15, 0.2) is 0 Å². The minimum Gasteiger partial charge on any atom is -0.497 e. The van der Waals surface area contributed by atoms with Crippen molar-refractivity contribution in [2.45, 2.75) is 16.7 Å². The van der Waals surface area contributed by atoms with E-state index >= 15 is 0 Å². The van der Waals surface area contributed by atoms with Gasteiger partial charge in [-0.3, -0.25) is 14.2 Å². The second-order valence-electron chi connectivity index (χ2n) is 8.77. The molecule has 0 fully saturated rings. The van der Waals surface area contributed by atoms with E-state index in [0.717, 1.165) is 5.56 Å². The Morgan fingerprint density at radius 1 is 0.732 bits per heavy atom. The molecule has 0 atom stereocenters. The Balaban J connectivity index is 1.49. The van der Waals surface area contributed by atoms with E-state index in [1.165, 1.54) is 62.8 Å². The van der Waals surface area contributed by atoms with Gasteiger partial charge in [0.25, 0.3) is 26.0 Å². The number of hydrogen-bond acceptors (Lipinski definition) is 7. The molecule has 0 bridgehead atoms. The average molecular weight is 616 g/mol.